The number of carbonyl (C=O) groups excluding carboxylic acids is 1. The Bertz CT molecular complexity index is 209. The van der Waals surface area contributed by atoms with Crippen LogP contribution in [0, 0.1) is 5.92 Å². The number of aliphatic hydroxyl groups is 1. The Hall–Kier alpha value is -0.610. The molecule has 4 nitrogen and oxygen atoms in total. The molecule has 1 fully saturated rings. The molecule has 0 aromatic rings. The molecule has 0 bridgehead atoms. The Morgan fingerprint density at radius 1 is 1.67 bits per heavy atom. The number of nitrogens with two attached hydrogens (primary N) is 1. The van der Waals surface area contributed by atoms with E-state index in [0.717, 1.165) is 32.2 Å². The molecule has 0 radical (unpaired) electrons. The number of hydrogen-bond acceptors (Lipinski definition) is 3. The summed E-state index contributed by atoms with van der Waals surface area (Å²) in [6.07, 6.45) is 3.68. The third-order valence-corrected chi connectivity index (χ3v) is 3.01. The summed E-state index contributed by atoms with van der Waals surface area (Å²) in [4.78, 5) is 13.7. The summed E-state index contributed by atoms with van der Waals surface area (Å²) in [6, 6.07) is -0.354. The van der Waals surface area contributed by atoms with Gasteiger partial charge in [-0.05, 0) is 25.2 Å². The van der Waals surface area contributed by atoms with E-state index in [1.807, 2.05) is 11.8 Å². The van der Waals surface area contributed by atoms with Crippen molar-refractivity contribution < 1.29 is 9.90 Å². The molecule has 0 spiro atoms. The Labute approximate surface area is 91.4 Å². The molecule has 1 rings (SSSR count). The van der Waals surface area contributed by atoms with Crippen molar-refractivity contribution in [1.29, 1.82) is 0 Å². The van der Waals surface area contributed by atoms with Crippen LogP contribution in [0.4, 0.5) is 0 Å². The molecule has 1 heterocycles. The van der Waals surface area contributed by atoms with Crippen LogP contribution >= 0.6 is 0 Å². The number of nitrogens with zero attached hydrogens (tertiary/aromatic N) is 1. The summed E-state index contributed by atoms with van der Waals surface area (Å²) in [5.74, 6) is 0.298. The molecule has 1 amide bonds. The quantitative estimate of drug-likeness (QED) is 0.709. The Kier molecular flexibility index (Phi) is 5.05. The van der Waals surface area contributed by atoms with Gasteiger partial charge in [0.2, 0.25) is 5.91 Å². The highest BCUT2D eigenvalue weighted by atomic mass is 16.3. The maximum Gasteiger partial charge on any atom is 0.239 e. The highest BCUT2D eigenvalue weighted by Gasteiger charge is 2.26. The number of piperidine rings is 1. The molecule has 1 aliphatic rings. The summed E-state index contributed by atoms with van der Waals surface area (Å²) in [7, 11) is 0. The summed E-state index contributed by atoms with van der Waals surface area (Å²) in [6.45, 7) is 3.67. The first-order chi connectivity index (χ1) is 7.19. The zero-order chi connectivity index (χ0) is 11.3. The predicted octanol–water partition coefficient (Wildman–Crippen LogP) is 0.345. The van der Waals surface area contributed by atoms with Crippen molar-refractivity contribution in [3.05, 3.63) is 0 Å². The van der Waals surface area contributed by atoms with Crippen LogP contribution in [0.2, 0.25) is 0 Å². The van der Waals surface area contributed by atoms with E-state index in [2.05, 4.69) is 0 Å². The lowest BCUT2D eigenvalue weighted by molar-refractivity contribution is -0.134. The highest BCUT2D eigenvalue weighted by Crippen LogP contribution is 2.16. The lowest BCUT2D eigenvalue weighted by Crippen LogP contribution is -2.48. The second kappa shape index (κ2) is 6.08. The lowest BCUT2D eigenvalue weighted by Gasteiger charge is -2.33. The van der Waals surface area contributed by atoms with Gasteiger partial charge in [0.1, 0.15) is 0 Å². The Balaban J connectivity index is 2.44. The van der Waals surface area contributed by atoms with Crippen molar-refractivity contribution in [3.8, 4) is 0 Å². The number of hydrogen-bond donors (Lipinski definition) is 2. The first kappa shape index (κ1) is 12.5. The highest BCUT2D eigenvalue weighted by molar-refractivity contribution is 5.81. The second-order valence-electron chi connectivity index (χ2n) is 4.37. The van der Waals surface area contributed by atoms with Gasteiger partial charge in [-0.2, -0.15) is 0 Å². The fourth-order valence-electron chi connectivity index (χ4n) is 2.08. The molecular formula is C11H22N2O2. The number of amides is 1. The molecular weight excluding hydrogens is 192 g/mol. The van der Waals surface area contributed by atoms with Gasteiger partial charge >= 0.3 is 0 Å². The van der Waals surface area contributed by atoms with E-state index in [1.165, 1.54) is 0 Å². The fraction of sp³-hybridized carbons (Fsp3) is 0.909. The number of aliphatic hydroxyl groups excluding tert-OH is 1. The number of likely N-dealkylation sites (tertiary alicyclic amines) is 1. The van der Waals surface area contributed by atoms with Crippen LogP contribution in [-0.4, -0.2) is 41.7 Å². The van der Waals surface area contributed by atoms with Gasteiger partial charge in [0.25, 0.3) is 0 Å². The first-order valence-electron chi connectivity index (χ1n) is 5.84. The van der Waals surface area contributed by atoms with Gasteiger partial charge in [-0.1, -0.05) is 13.3 Å². The van der Waals surface area contributed by atoms with E-state index in [4.69, 9.17) is 10.8 Å². The fourth-order valence-corrected chi connectivity index (χ4v) is 2.08. The maximum atomic E-state index is 11.9. The van der Waals surface area contributed by atoms with Crippen molar-refractivity contribution in [1.82, 2.24) is 4.90 Å². The molecule has 0 aliphatic carbocycles. The summed E-state index contributed by atoms with van der Waals surface area (Å²) >= 11 is 0. The second-order valence-corrected chi connectivity index (χ2v) is 4.37. The zero-order valence-corrected chi connectivity index (χ0v) is 9.48. The van der Waals surface area contributed by atoms with Crippen LogP contribution in [0.5, 0.6) is 0 Å². The molecule has 1 aliphatic heterocycles. The lowest BCUT2D eigenvalue weighted by atomic mass is 9.98. The van der Waals surface area contributed by atoms with E-state index in [9.17, 15) is 4.79 Å². The zero-order valence-electron chi connectivity index (χ0n) is 9.48. The van der Waals surface area contributed by atoms with Gasteiger partial charge in [0.15, 0.2) is 0 Å². The standard InChI is InChI=1S/C11H22N2O2/c1-2-4-10(12)11(15)13-6-3-5-9(7-13)8-14/h9-10,14H,2-8,12H2,1H3/t9?,10-/m0/s1. The molecule has 1 unspecified atom stereocenters. The van der Waals surface area contributed by atoms with Crippen molar-refractivity contribution in [2.75, 3.05) is 19.7 Å². The van der Waals surface area contributed by atoms with Crippen molar-refractivity contribution in [2.45, 2.75) is 38.6 Å². The molecule has 4 heteroatoms. The van der Waals surface area contributed by atoms with E-state index in [0.29, 0.717) is 6.54 Å². The third-order valence-electron chi connectivity index (χ3n) is 3.01. The van der Waals surface area contributed by atoms with Gasteiger partial charge in [-0.25, -0.2) is 0 Å². The summed E-state index contributed by atoms with van der Waals surface area (Å²) in [5, 5.41) is 9.06. The SMILES string of the molecule is CCC[C@H](N)C(=O)N1CCCC(CO)C1. The number of rotatable bonds is 4. The first-order valence-corrected chi connectivity index (χ1v) is 5.84. The smallest absolute Gasteiger partial charge is 0.239 e. The van der Waals surface area contributed by atoms with Gasteiger partial charge in [-0.3, -0.25) is 4.79 Å². The Morgan fingerprint density at radius 3 is 3.00 bits per heavy atom. The van der Waals surface area contributed by atoms with Crippen molar-refractivity contribution >= 4 is 5.91 Å². The Morgan fingerprint density at radius 2 is 2.40 bits per heavy atom. The monoisotopic (exact) mass is 214 g/mol. The number of carbonyl (C=O) groups is 1. The van der Waals surface area contributed by atoms with Crippen LogP contribution in [-0.2, 0) is 4.79 Å². The predicted molar refractivity (Wildman–Crippen MR) is 59.3 cm³/mol. The van der Waals surface area contributed by atoms with E-state index < -0.39 is 0 Å². The van der Waals surface area contributed by atoms with Gasteiger partial charge < -0.3 is 15.7 Å². The normalized spacial score (nSPS) is 23.9. The van der Waals surface area contributed by atoms with Crippen molar-refractivity contribution in [2.24, 2.45) is 11.7 Å². The van der Waals surface area contributed by atoms with Crippen LogP contribution in [0.1, 0.15) is 32.6 Å². The molecule has 0 aromatic carbocycles. The third kappa shape index (κ3) is 3.47. The molecule has 1 saturated heterocycles. The maximum absolute atomic E-state index is 11.9. The van der Waals surface area contributed by atoms with E-state index >= 15 is 0 Å². The van der Waals surface area contributed by atoms with Crippen molar-refractivity contribution in [3.63, 3.8) is 0 Å². The van der Waals surface area contributed by atoms with E-state index in [1.54, 1.807) is 0 Å². The minimum atomic E-state index is -0.354. The molecule has 2 atom stereocenters. The summed E-state index contributed by atoms with van der Waals surface area (Å²) < 4.78 is 0. The molecule has 15 heavy (non-hydrogen) atoms. The topological polar surface area (TPSA) is 66.6 Å². The minimum Gasteiger partial charge on any atom is -0.396 e. The van der Waals surface area contributed by atoms with Crippen LogP contribution < -0.4 is 5.73 Å². The average Bonchev–Trinajstić information content (AvgIpc) is 2.28. The van der Waals surface area contributed by atoms with Crippen LogP contribution in [0.25, 0.3) is 0 Å². The van der Waals surface area contributed by atoms with Gasteiger partial charge in [0, 0.05) is 19.7 Å². The molecule has 0 aromatic heterocycles. The molecule has 88 valence electrons. The largest absolute Gasteiger partial charge is 0.396 e. The van der Waals surface area contributed by atoms with Crippen LogP contribution in [0.3, 0.4) is 0 Å². The molecule has 3 N–H and O–H groups in total. The minimum absolute atomic E-state index is 0.0509. The van der Waals surface area contributed by atoms with Gasteiger partial charge in [-0.15, -0.1) is 0 Å². The molecule has 0 saturated carbocycles. The average molecular weight is 214 g/mol. The summed E-state index contributed by atoms with van der Waals surface area (Å²) in [5.41, 5.74) is 5.79. The van der Waals surface area contributed by atoms with Gasteiger partial charge in [0.05, 0.1) is 6.04 Å². The van der Waals surface area contributed by atoms with E-state index in [-0.39, 0.29) is 24.5 Å². The van der Waals surface area contributed by atoms with Crippen LogP contribution in [0.15, 0.2) is 0 Å².